The highest BCUT2D eigenvalue weighted by Crippen LogP contribution is 2.47. The van der Waals surface area contributed by atoms with E-state index in [9.17, 15) is 12.3 Å². The molecule has 5 aromatic carbocycles. The summed E-state index contributed by atoms with van der Waals surface area (Å²) in [6.07, 6.45) is 0. The van der Waals surface area contributed by atoms with Crippen molar-refractivity contribution in [2.45, 2.75) is 138 Å². The molecule has 2 aliphatic heterocycles. The maximum atomic E-state index is 10.2. The number of benzene rings is 5. The molecule has 0 saturated heterocycles. The van der Waals surface area contributed by atoms with Gasteiger partial charge in [0.05, 0.1) is 12.3 Å². The third-order valence-electron chi connectivity index (χ3n) is 10.9. The van der Waals surface area contributed by atoms with Gasteiger partial charge in [-0.15, -0.1) is 0 Å². The van der Waals surface area contributed by atoms with Crippen LogP contribution >= 0.6 is 0 Å². The van der Waals surface area contributed by atoms with Gasteiger partial charge in [-0.2, -0.15) is 0 Å². The Balaban J connectivity index is 1.79. The molecule has 54 heavy (non-hydrogen) atoms. The number of rotatable bonds is 2. The second-order valence-electron chi connectivity index (χ2n) is 20.6. The quantitative estimate of drug-likeness (QED) is 0.164. The van der Waals surface area contributed by atoms with Crippen molar-refractivity contribution in [1.29, 1.82) is 0 Å². The van der Waals surface area contributed by atoms with Crippen LogP contribution in [-0.2, 0) is 27.1 Å². The third kappa shape index (κ3) is 6.60. The second kappa shape index (κ2) is 12.4. The molecule has 0 saturated carbocycles. The van der Waals surface area contributed by atoms with Crippen molar-refractivity contribution in [2.24, 2.45) is 0 Å². The second-order valence-corrected chi connectivity index (χ2v) is 20.6. The predicted octanol–water partition coefficient (Wildman–Crippen LogP) is 12.6. The van der Waals surface area contributed by atoms with E-state index in [0.29, 0.717) is 27.7 Å². The molecule has 280 valence electrons. The predicted molar refractivity (Wildman–Crippen MR) is 239 cm³/mol. The molecule has 0 N–H and O–H groups in total. The highest BCUT2D eigenvalue weighted by molar-refractivity contribution is 7.00. The van der Waals surface area contributed by atoms with Crippen LogP contribution in [0.25, 0.3) is 0 Å². The molecule has 3 heteroatoms. The van der Waals surface area contributed by atoms with Crippen molar-refractivity contribution in [3.05, 3.63) is 124 Å². The van der Waals surface area contributed by atoms with Crippen LogP contribution in [0.5, 0.6) is 0 Å². The Hall–Kier alpha value is -4.24. The summed E-state index contributed by atoms with van der Waals surface area (Å²) >= 11 is 0. The minimum absolute atomic E-state index is 0.0364. The zero-order chi connectivity index (χ0) is 47.3. The molecule has 2 nitrogen and oxygen atoms in total. The number of anilines is 6. The van der Waals surface area contributed by atoms with Crippen molar-refractivity contribution in [3.63, 3.8) is 0 Å². The van der Waals surface area contributed by atoms with E-state index in [1.807, 2.05) is 41.5 Å². The van der Waals surface area contributed by atoms with Crippen LogP contribution in [0.15, 0.2) is 90.8 Å². The summed E-state index contributed by atoms with van der Waals surface area (Å²) in [6.45, 7) is 31.8. The first-order chi connectivity index (χ1) is 28.6. The van der Waals surface area contributed by atoms with Crippen molar-refractivity contribution in [3.8, 4) is 0 Å². The fraction of sp³-hybridized carbons (Fsp3) is 0.412. The first-order valence-corrected chi connectivity index (χ1v) is 19.4. The Bertz CT molecular complexity index is 2710. The van der Waals surface area contributed by atoms with Gasteiger partial charge < -0.3 is 9.80 Å². The van der Waals surface area contributed by atoms with E-state index in [1.165, 1.54) is 4.90 Å². The van der Waals surface area contributed by atoms with Crippen molar-refractivity contribution < 1.29 is 12.3 Å². The smallest absolute Gasteiger partial charge is 0.252 e. The number of hydrogen-bond donors (Lipinski definition) is 0. The van der Waals surface area contributed by atoms with Gasteiger partial charge in [-0.05, 0) is 132 Å². The lowest BCUT2D eigenvalue weighted by molar-refractivity contribution is 0.568. The van der Waals surface area contributed by atoms with Gasteiger partial charge in [-0.1, -0.05) is 146 Å². The van der Waals surface area contributed by atoms with Crippen LogP contribution in [0.1, 0.15) is 150 Å². The zero-order valence-corrected chi connectivity index (χ0v) is 35.4. The Morgan fingerprint density at radius 2 is 0.907 bits per heavy atom. The number of nitrogens with zero attached hydrogens (tertiary/aromatic N) is 2. The maximum Gasteiger partial charge on any atom is 0.252 e. The minimum atomic E-state index is -0.801. The van der Waals surface area contributed by atoms with Crippen molar-refractivity contribution in [1.82, 2.24) is 0 Å². The molecule has 7 rings (SSSR count). The van der Waals surface area contributed by atoms with E-state index < -0.39 is 17.5 Å². The Morgan fingerprint density at radius 1 is 0.426 bits per heavy atom. The summed E-state index contributed by atoms with van der Waals surface area (Å²) in [5.74, 6) is 0. The van der Waals surface area contributed by atoms with Crippen LogP contribution in [0.4, 0.5) is 34.1 Å². The van der Waals surface area contributed by atoms with Crippen LogP contribution in [0.2, 0.25) is 0 Å². The Kier molecular flexibility index (Phi) is 6.47. The third-order valence-corrected chi connectivity index (χ3v) is 10.9. The van der Waals surface area contributed by atoms with Gasteiger partial charge in [-0.25, -0.2) is 0 Å². The molecule has 2 aliphatic rings. The fourth-order valence-corrected chi connectivity index (χ4v) is 7.46. The molecule has 0 atom stereocenters. The van der Waals surface area contributed by atoms with Gasteiger partial charge in [0, 0.05) is 34.1 Å². The topological polar surface area (TPSA) is 6.48 Å². The molecule has 0 fully saturated rings. The van der Waals surface area contributed by atoms with Gasteiger partial charge >= 0.3 is 0 Å². The van der Waals surface area contributed by atoms with Crippen LogP contribution in [0.3, 0.4) is 0 Å². The monoisotopic (exact) mass is 724 g/mol. The largest absolute Gasteiger partial charge is 0.311 e. The molecule has 0 spiro atoms. The van der Waals surface area contributed by atoms with E-state index in [2.05, 4.69) is 104 Å². The van der Waals surface area contributed by atoms with Crippen LogP contribution in [-0.4, -0.2) is 6.71 Å². The van der Waals surface area contributed by atoms with Crippen LogP contribution < -0.4 is 26.2 Å². The standard InChI is InChI=1S/C51H63BN2/c1-32-25-44-46-45(26-32)54(39-28-36(50(11,12)13)27-37(29-39)51(14,15)16)43-31-35(49(8,9)10)19-23-40(43)52(46)41-30-34(48(5,6)7)20-24-42(41)53(44)38-21-17-33(18-22-38)47(2,3)4/h17-31H,1-16H3/i17D,18D,20D,21D,22D,24D,25D,26D,30D. The van der Waals surface area contributed by atoms with E-state index in [0.717, 1.165) is 33.5 Å². The van der Waals surface area contributed by atoms with E-state index in [4.69, 9.17) is 0 Å². The summed E-state index contributed by atoms with van der Waals surface area (Å²) in [5.41, 5.74) is 5.89. The molecule has 0 aliphatic carbocycles. The first-order valence-electron chi connectivity index (χ1n) is 23.9. The number of hydrogen-bond acceptors (Lipinski definition) is 2. The van der Waals surface area contributed by atoms with Gasteiger partial charge in [-0.3, -0.25) is 0 Å². The molecule has 5 aromatic rings. The normalized spacial score (nSPS) is 16.9. The molecule has 0 bridgehead atoms. The van der Waals surface area contributed by atoms with Crippen molar-refractivity contribution in [2.75, 3.05) is 9.80 Å². The highest BCUT2D eigenvalue weighted by atomic mass is 15.2. The van der Waals surface area contributed by atoms with E-state index >= 15 is 0 Å². The lowest BCUT2D eigenvalue weighted by Crippen LogP contribution is -2.61. The molecule has 0 aromatic heterocycles. The lowest BCUT2D eigenvalue weighted by atomic mass is 9.33. The van der Waals surface area contributed by atoms with Gasteiger partial charge in [0.25, 0.3) is 6.71 Å². The highest BCUT2D eigenvalue weighted by Gasteiger charge is 2.44. The Labute approximate surface area is 340 Å². The average molecular weight is 724 g/mol. The zero-order valence-electron chi connectivity index (χ0n) is 44.4. The molecular weight excluding hydrogens is 651 g/mol. The summed E-state index contributed by atoms with van der Waals surface area (Å²) in [6, 6.07) is 11.5. The van der Waals surface area contributed by atoms with Crippen molar-refractivity contribution >= 4 is 57.2 Å². The van der Waals surface area contributed by atoms with E-state index in [-0.39, 0.29) is 93.3 Å². The summed E-state index contributed by atoms with van der Waals surface area (Å²) in [5, 5.41) is 0. The summed E-state index contributed by atoms with van der Waals surface area (Å²) in [4.78, 5) is 3.62. The molecular formula is C51H63BN2. The molecule has 0 unspecified atom stereocenters. The molecule has 2 heterocycles. The number of fused-ring (bicyclic) bond motifs is 4. The molecule has 0 radical (unpaired) electrons. The minimum Gasteiger partial charge on any atom is -0.311 e. The first kappa shape index (κ1) is 28.2. The van der Waals surface area contributed by atoms with Gasteiger partial charge in [0.2, 0.25) is 0 Å². The van der Waals surface area contributed by atoms with Gasteiger partial charge in [0.15, 0.2) is 0 Å². The SMILES string of the molecule is [2H]c1c([2H])c(C(C)(C)C)c([2H])c([2H])c1N1c2c([2H])c([2H])c(C(C)(C)C)c([2H])c2B2c3ccc(C(C)(C)C)cc3N(c3cc(C(C)(C)C)cc(C(C)(C)C)c3)c3c([2H])c(C)c([2H])c1c32. The average Bonchev–Trinajstić information content (AvgIpc) is 3.14. The van der Waals surface area contributed by atoms with Crippen LogP contribution in [0, 0.1) is 6.92 Å². The fourth-order valence-electron chi connectivity index (χ4n) is 7.46. The summed E-state index contributed by atoms with van der Waals surface area (Å²) < 4.78 is 87.7. The Morgan fingerprint density at radius 3 is 1.41 bits per heavy atom. The summed E-state index contributed by atoms with van der Waals surface area (Å²) in [7, 11) is 0. The van der Waals surface area contributed by atoms with Gasteiger partial charge in [0.1, 0.15) is 0 Å². The molecule has 0 amide bonds. The lowest BCUT2D eigenvalue weighted by Gasteiger charge is -2.45. The maximum absolute atomic E-state index is 10.2. The van der Waals surface area contributed by atoms with E-state index in [1.54, 1.807) is 6.92 Å².